The van der Waals surface area contributed by atoms with Gasteiger partial charge in [0.25, 0.3) is 0 Å². The Morgan fingerprint density at radius 1 is 1.40 bits per heavy atom. The van der Waals surface area contributed by atoms with Crippen LogP contribution in [0.5, 0.6) is 0 Å². The lowest BCUT2D eigenvalue weighted by Crippen LogP contribution is -2.50. The van der Waals surface area contributed by atoms with Crippen LogP contribution in [0.15, 0.2) is 6.07 Å². The van der Waals surface area contributed by atoms with Gasteiger partial charge in [0.15, 0.2) is 0 Å². The normalized spacial score (nSPS) is 14.2. The Labute approximate surface area is 121 Å². The number of carbonyl (C=O) groups is 1. The summed E-state index contributed by atoms with van der Waals surface area (Å²) in [6.45, 7) is 9.30. The maximum atomic E-state index is 11.5. The number of nitrogens with zero attached hydrogens (tertiary/aromatic N) is 2. The molecular weight excluding hydrogens is 254 g/mol. The van der Waals surface area contributed by atoms with Gasteiger partial charge in [0, 0.05) is 12.2 Å². The molecule has 0 aliphatic rings. The minimum atomic E-state index is -0.890. The van der Waals surface area contributed by atoms with Crippen LogP contribution in [0.25, 0.3) is 0 Å². The fourth-order valence-electron chi connectivity index (χ4n) is 2.17. The third-order valence-corrected chi connectivity index (χ3v) is 3.70. The van der Waals surface area contributed by atoms with Gasteiger partial charge in [-0.25, -0.2) is 0 Å². The molecule has 2 N–H and O–H groups in total. The Morgan fingerprint density at radius 2 is 2.10 bits per heavy atom. The predicted octanol–water partition coefficient (Wildman–Crippen LogP) is 2.24. The highest BCUT2D eigenvalue weighted by atomic mass is 16.4. The minimum absolute atomic E-state index is 0.528. The van der Waals surface area contributed by atoms with Gasteiger partial charge in [-0.05, 0) is 45.2 Å². The standard InChI is InChI=1S/C15H27N3O2/c1-5-9-16-15(4,14(19)20)8-10-18-13(7-3)11-12(6-2)17-18/h11,16H,5-10H2,1-4H3,(H,19,20). The van der Waals surface area contributed by atoms with E-state index < -0.39 is 11.5 Å². The van der Waals surface area contributed by atoms with E-state index in [1.165, 1.54) is 5.69 Å². The summed E-state index contributed by atoms with van der Waals surface area (Å²) in [5.41, 5.74) is 1.35. The lowest BCUT2D eigenvalue weighted by atomic mass is 9.97. The van der Waals surface area contributed by atoms with Crippen molar-refractivity contribution in [1.82, 2.24) is 15.1 Å². The molecule has 20 heavy (non-hydrogen) atoms. The van der Waals surface area contributed by atoms with Crippen molar-refractivity contribution in [3.8, 4) is 0 Å². The molecule has 0 radical (unpaired) electrons. The molecule has 1 atom stereocenters. The summed E-state index contributed by atoms with van der Waals surface area (Å²) in [7, 11) is 0. The molecule has 0 saturated heterocycles. The summed E-state index contributed by atoms with van der Waals surface area (Å²) in [5, 5.41) is 17.1. The molecule has 0 amide bonds. The van der Waals surface area contributed by atoms with Crippen molar-refractivity contribution in [2.24, 2.45) is 0 Å². The number of hydrogen-bond donors (Lipinski definition) is 2. The zero-order valence-electron chi connectivity index (χ0n) is 13.1. The Hall–Kier alpha value is -1.36. The quantitative estimate of drug-likeness (QED) is 0.728. The summed E-state index contributed by atoms with van der Waals surface area (Å²) >= 11 is 0. The maximum absolute atomic E-state index is 11.5. The van der Waals surface area contributed by atoms with Gasteiger partial charge in [-0.15, -0.1) is 0 Å². The average molecular weight is 281 g/mol. The minimum Gasteiger partial charge on any atom is -0.480 e. The van der Waals surface area contributed by atoms with Gasteiger partial charge in [-0.2, -0.15) is 5.10 Å². The highest BCUT2D eigenvalue weighted by Crippen LogP contribution is 2.14. The highest BCUT2D eigenvalue weighted by Gasteiger charge is 2.32. The van der Waals surface area contributed by atoms with Crippen molar-refractivity contribution in [3.63, 3.8) is 0 Å². The van der Waals surface area contributed by atoms with Crippen molar-refractivity contribution in [2.45, 2.75) is 65.5 Å². The van der Waals surface area contributed by atoms with Crippen LogP contribution < -0.4 is 5.32 Å². The number of aromatic nitrogens is 2. The van der Waals surface area contributed by atoms with E-state index in [2.05, 4.69) is 30.3 Å². The Balaban J connectivity index is 2.76. The molecule has 1 unspecified atom stereocenters. The zero-order chi connectivity index (χ0) is 15.2. The molecule has 114 valence electrons. The molecule has 0 aliphatic heterocycles. The second-order valence-corrected chi connectivity index (χ2v) is 5.37. The number of rotatable bonds is 9. The number of nitrogens with one attached hydrogen (secondary N) is 1. The first-order valence-electron chi connectivity index (χ1n) is 7.50. The molecule has 0 aromatic carbocycles. The number of carboxylic acid groups (broad SMARTS) is 1. The summed E-state index contributed by atoms with van der Waals surface area (Å²) in [5.74, 6) is -0.799. The van der Waals surface area contributed by atoms with E-state index in [1.54, 1.807) is 6.92 Å². The lowest BCUT2D eigenvalue weighted by molar-refractivity contribution is -0.144. The molecule has 0 aliphatic carbocycles. The first-order valence-corrected chi connectivity index (χ1v) is 7.50. The van der Waals surface area contributed by atoms with Gasteiger partial charge in [0.1, 0.15) is 5.54 Å². The number of carboxylic acids is 1. The fraction of sp³-hybridized carbons (Fsp3) is 0.733. The van der Waals surface area contributed by atoms with E-state index in [1.807, 2.05) is 11.6 Å². The molecule has 0 saturated carbocycles. The lowest BCUT2D eigenvalue weighted by Gasteiger charge is -2.26. The van der Waals surface area contributed by atoms with Crippen LogP contribution in [0.1, 0.15) is 51.9 Å². The van der Waals surface area contributed by atoms with Crippen LogP contribution in [0, 0.1) is 0 Å². The van der Waals surface area contributed by atoms with Gasteiger partial charge in [0.05, 0.1) is 5.69 Å². The molecule has 5 nitrogen and oxygen atoms in total. The predicted molar refractivity (Wildman–Crippen MR) is 79.9 cm³/mol. The molecule has 5 heteroatoms. The van der Waals surface area contributed by atoms with Gasteiger partial charge in [0.2, 0.25) is 0 Å². The van der Waals surface area contributed by atoms with Gasteiger partial charge >= 0.3 is 5.97 Å². The number of aryl methyl sites for hydroxylation is 3. The molecule has 0 bridgehead atoms. The van der Waals surface area contributed by atoms with Crippen molar-refractivity contribution < 1.29 is 9.90 Å². The Bertz CT molecular complexity index is 442. The molecular formula is C15H27N3O2. The fourth-order valence-corrected chi connectivity index (χ4v) is 2.17. The van der Waals surface area contributed by atoms with E-state index in [-0.39, 0.29) is 0 Å². The molecule has 1 heterocycles. The topological polar surface area (TPSA) is 67.2 Å². The average Bonchev–Trinajstić information content (AvgIpc) is 2.85. The van der Waals surface area contributed by atoms with Crippen molar-refractivity contribution >= 4 is 5.97 Å². The third kappa shape index (κ3) is 4.07. The zero-order valence-corrected chi connectivity index (χ0v) is 13.1. The summed E-state index contributed by atoms with van der Waals surface area (Å²) in [4.78, 5) is 11.5. The van der Waals surface area contributed by atoms with Crippen LogP contribution >= 0.6 is 0 Å². The molecule has 1 aromatic rings. The molecule has 0 spiro atoms. The first-order chi connectivity index (χ1) is 9.46. The molecule has 0 fully saturated rings. The van der Waals surface area contributed by atoms with Crippen LogP contribution in [0.4, 0.5) is 0 Å². The number of aliphatic carboxylic acids is 1. The van der Waals surface area contributed by atoms with E-state index in [0.717, 1.165) is 25.0 Å². The Kier molecular flexibility index (Phi) is 6.20. The second-order valence-electron chi connectivity index (χ2n) is 5.37. The smallest absolute Gasteiger partial charge is 0.323 e. The Morgan fingerprint density at radius 3 is 2.60 bits per heavy atom. The first kappa shape index (κ1) is 16.7. The van der Waals surface area contributed by atoms with E-state index in [4.69, 9.17) is 0 Å². The molecule has 1 aromatic heterocycles. The van der Waals surface area contributed by atoms with E-state index in [0.29, 0.717) is 19.5 Å². The largest absolute Gasteiger partial charge is 0.480 e. The summed E-state index contributed by atoms with van der Waals surface area (Å²) in [6.07, 6.45) is 3.27. The molecule has 1 rings (SSSR count). The van der Waals surface area contributed by atoms with Crippen molar-refractivity contribution in [2.75, 3.05) is 6.54 Å². The monoisotopic (exact) mass is 281 g/mol. The van der Waals surface area contributed by atoms with Gasteiger partial charge in [-0.1, -0.05) is 20.8 Å². The third-order valence-electron chi connectivity index (χ3n) is 3.70. The SMILES string of the molecule is CCCNC(C)(CCn1nc(CC)cc1CC)C(=O)O. The van der Waals surface area contributed by atoms with Crippen molar-refractivity contribution in [1.29, 1.82) is 0 Å². The summed E-state index contributed by atoms with van der Waals surface area (Å²) in [6, 6.07) is 2.11. The van der Waals surface area contributed by atoms with Crippen molar-refractivity contribution in [3.05, 3.63) is 17.5 Å². The van der Waals surface area contributed by atoms with Crippen LogP contribution in [0.2, 0.25) is 0 Å². The van der Waals surface area contributed by atoms with Gasteiger partial charge < -0.3 is 10.4 Å². The van der Waals surface area contributed by atoms with Crippen LogP contribution in [0.3, 0.4) is 0 Å². The maximum Gasteiger partial charge on any atom is 0.323 e. The van der Waals surface area contributed by atoms with Crippen LogP contribution in [-0.4, -0.2) is 32.9 Å². The highest BCUT2D eigenvalue weighted by molar-refractivity contribution is 5.78. The van der Waals surface area contributed by atoms with E-state index >= 15 is 0 Å². The second kappa shape index (κ2) is 7.43. The van der Waals surface area contributed by atoms with Gasteiger partial charge in [-0.3, -0.25) is 9.48 Å². The summed E-state index contributed by atoms with van der Waals surface area (Å²) < 4.78 is 1.95. The number of hydrogen-bond acceptors (Lipinski definition) is 3. The van der Waals surface area contributed by atoms with Crippen LogP contribution in [-0.2, 0) is 24.2 Å². The van der Waals surface area contributed by atoms with E-state index in [9.17, 15) is 9.90 Å².